The van der Waals surface area contributed by atoms with Gasteiger partial charge in [0.25, 0.3) is 0 Å². The average molecular weight is 676 g/mol. The van der Waals surface area contributed by atoms with Crippen LogP contribution in [0.3, 0.4) is 0 Å². The normalized spacial score (nSPS) is 11.2. The Morgan fingerprint density at radius 1 is 0.553 bits per heavy atom. The smallest absolute Gasteiger partial charge is 0.345 e. The van der Waals surface area contributed by atoms with Crippen LogP contribution in [0.4, 0.5) is 0 Å². The van der Waals surface area contributed by atoms with Gasteiger partial charge in [0.15, 0.2) is 0 Å². The van der Waals surface area contributed by atoms with Gasteiger partial charge < -0.3 is 9.97 Å². The van der Waals surface area contributed by atoms with Crippen LogP contribution in [-0.4, -0.2) is 29.5 Å². The van der Waals surface area contributed by atoms with Crippen molar-refractivity contribution >= 4 is 0 Å². The first-order chi connectivity index (χ1) is 18.1. The molecule has 4 aromatic heterocycles. The number of hydrogen-bond donors (Lipinski definition) is 0. The molecule has 6 rings (SSSR count). The van der Waals surface area contributed by atoms with Crippen LogP contribution in [0.2, 0.25) is 0 Å². The Bertz CT molecular complexity index is 1530. The van der Waals surface area contributed by atoms with Crippen LogP contribution in [0.1, 0.15) is 25.2 Å². The van der Waals surface area contributed by atoms with E-state index >= 15 is 0 Å². The second-order valence-electron chi connectivity index (χ2n) is 9.25. The molecule has 0 aliphatic carbocycles. The monoisotopic (exact) mass is 675 g/mol. The predicted molar refractivity (Wildman–Crippen MR) is 143 cm³/mol. The summed E-state index contributed by atoms with van der Waals surface area (Å²) in [6.45, 7) is 4.26. The number of para-hydroxylation sites is 2. The molecule has 0 spiro atoms. The van der Waals surface area contributed by atoms with Gasteiger partial charge in [-0.15, -0.1) is 12.1 Å². The topological polar surface area (TPSA) is 61.4 Å². The molecular weight excluding hydrogens is 651 g/mol. The fourth-order valence-electron chi connectivity index (χ4n) is 4.21. The first-order valence-corrected chi connectivity index (χ1v) is 12.1. The Kier molecular flexibility index (Phi) is 7.17. The SMILES string of the molecule is CC(C)(c1cccc(-c2[c-]cn(-c3ccccc3)n2)n1)c1cccc(-c2[c-]cn(-c3ccccc3)n2)n1.[Pt+2]. The minimum Gasteiger partial charge on any atom is -0.345 e. The van der Waals surface area contributed by atoms with Crippen molar-refractivity contribution in [2.45, 2.75) is 19.3 Å². The molecule has 0 bridgehead atoms. The fourth-order valence-corrected chi connectivity index (χ4v) is 4.21. The number of rotatable bonds is 6. The van der Waals surface area contributed by atoms with Gasteiger partial charge in [-0.05, 0) is 50.2 Å². The maximum atomic E-state index is 4.97. The molecule has 0 radical (unpaired) electrons. The van der Waals surface area contributed by atoms with Gasteiger partial charge in [0.2, 0.25) is 0 Å². The second kappa shape index (κ2) is 10.7. The van der Waals surface area contributed by atoms with E-state index in [1.165, 1.54) is 0 Å². The summed E-state index contributed by atoms with van der Waals surface area (Å²) in [7, 11) is 0. The van der Waals surface area contributed by atoms with E-state index in [0.717, 1.165) is 34.2 Å². The summed E-state index contributed by atoms with van der Waals surface area (Å²) >= 11 is 0. The summed E-state index contributed by atoms with van der Waals surface area (Å²) in [5.41, 5.74) is 6.25. The van der Waals surface area contributed by atoms with Crippen molar-refractivity contribution in [3.63, 3.8) is 0 Å². The summed E-state index contributed by atoms with van der Waals surface area (Å²) in [5, 5.41) is 9.39. The van der Waals surface area contributed by atoms with E-state index in [1.54, 1.807) is 0 Å². The molecule has 0 unspecified atom stereocenters. The number of benzene rings is 2. The van der Waals surface area contributed by atoms with Crippen molar-refractivity contribution in [1.29, 1.82) is 0 Å². The largest absolute Gasteiger partial charge is 2.00 e. The number of hydrogen-bond acceptors (Lipinski definition) is 4. The molecule has 38 heavy (non-hydrogen) atoms. The second-order valence-corrected chi connectivity index (χ2v) is 9.25. The van der Waals surface area contributed by atoms with E-state index in [1.807, 2.05) is 119 Å². The minimum absolute atomic E-state index is 0. The molecule has 6 nitrogen and oxygen atoms in total. The van der Waals surface area contributed by atoms with E-state index in [4.69, 9.17) is 20.2 Å². The molecule has 0 saturated carbocycles. The van der Waals surface area contributed by atoms with Crippen LogP contribution in [0.15, 0.2) is 109 Å². The maximum absolute atomic E-state index is 4.97. The standard InChI is InChI=1S/C31H24N6.Pt/c1-31(2,29-17-9-15-25(32-29)27-19-21-36(34-27)23-11-5-3-6-12-23)30-18-10-16-26(33-30)28-20-22-37(35-28)24-13-7-4-8-14-24;/h3-18,21-22H,1-2H3;/q-2;+2. The van der Waals surface area contributed by atoms with Crippen LogP contribution in [0, 0.1) is 12.1 Å². The molecule has 6 aromatic rings. The van der Waals surface area contributed by atoms with E-state index in [2.05, 4.69) is 26.0 Å². The molecule has 2 aromatic carbocycles. The summed E-state index contributed by atoms with van der Waals surface area (Å²) in [6, 6.07) is 38.5. The van der Waals surface area contributed by atoms with Gasteiger partial charge in [-0.25, -0.2) is 22.3 Å². The molecule has 0 amide bonds. The van der Waals surface area contributed by atoms with Crippen LogP contribution in [0.25, 0.3) is 34.2 Å². The molecule has 0 saturated heterocycles. The summed E-state index contributed by atoms with van der Waals surface area (Å²) < 4.78 is 3.62. The zero-order valence-corrected chi connectivity index (χ0v) is 23.2. The van der Waals surface area contributed by atoms with E-state index in [0.29, 0.717) is 11.4 Å². The summed E-state index contributed by atoms with van der Waals surface area (Å²) in [4.78, 5) is 9.94. The Balaban J connectivity index is 0.00000294. The van der Waals surface area contributed by atoms with Gasteiger partial charge in [-0.3, -0.25) is 9.36 Å². The van der Waals surface area contributed by atoms with Crippen molar-refractivity contribution in [3.05, 3.63) is 133 Å². The van der Waals surface area contributed by atoms with Gasteiger partial charge in [0.1, 0.15) is 0 Å². The van der Waals surface area contributed by atoms with Crippen molar-refractivity contribution in [1.82, 2.24) is 29.5 Å². The molecule has 0 aliphatic rings. The van der Waals surface area contributed by atoms with Crippen molar-refractivity contribution < 1.29 is 21.1 Å². The third-order valence-electron chi connectivity index (χ3n) is 6.37. The van der Waals surface area contributed by atoms with Crippen molar-refractivity contribution in [3.8, 4) is 34.2 Å². The average Bonchev–Trinajstić information content (AvgIpc) is 3.65. The van der Waals surface area contributed by atoms with Crippen LogP contribution >= 0.6 is 0 Å². The van der Waals surface area contributed by atoms with Crippen molar-refractivity contribution in [2.75, 3.05) is 0 Å². The maximum Gasteiger partial charge on any atom is 2.00 e. The zero-order valence-electron chi connectivity index (χ0n) is 20.9. The molecule has 0 N–H and O–H groups in total. The van der Waals surface area contributed by atoms with Gasteiger partial charge >= 0.3 is 21.1 Å². The number of aromatic nitrogens is 6. The first kappa shape index (κ1) is 25.5. The predicted octanol–water partition coefficient (Wildman–Crippen LogP) is 6.11. The zero-order chi connectivity index (χ0) is 25.2. The minimum atomic E-state index is -0.448. The van der Waals surface area contributed by atoms with E-state index < -0.39 is 5.41 Å². The number of nitrogens with zero attached hydrogens (tertiary/aromatic N) is 6. The van der Waals surface area contributed by atoms with E-state index in [9.17, 15) is 0 Å². The number of pyridine rings is 2. The molecular formula is C31H24N6Pt. The van der Waals surface area contributed by atoms with E-state index in [-0.39, 0.29) is 21.1 Å². The Morgan fingerprint density at radius 2 is 0.974 bits per heavy atom. The molecule has 7 heteroatoms. The Morgan fingerprint density at radius 3 is 1.39 bits per heavy atom. The van der Waals surface area contributed by atoms with Crippen molar-refractivity contribution in [2.24, 2.45) is 0 Å². The third kappa shape index (κ3) is 5.00. The fraction of sp³-hybridized carbons (Fsp3) is 0.0968. The summed E-state index contributed by atoms with van der Waals surface area (Å²) in [5.74, 6) is 0. The third-order valence-corrected chi connectivity index (χ3v) is 6.37. The molecule has 0 aliphatic heterocycles. The molecule has 0 fully saturated rings. The van der Waals surface area contributed by atoms with Crippen LogP contribution in [0.5, 0.6) is 0 Å². The first-order valence-electron chi connectivity index (χ1n) is 12.1. The van der Waals surface area contributed by atoms with Crippen LogP contribution < -0.4 is 0 Å². The van der Waals surface area contributed by atoms with Gasteiger partial charge in [-0.2, -0.15) is 0 Å². The van der Waals surface area contributed by atoms with Gasteiger partial charge in [0, 0.05) is 16.8 Å². The Labute approximate surface area is 236 Å². The van der Waals surface area contributed by atoms with Gasteiger partial charge in [0.05, 0.1) is 11.4 Å². The quantitative estimate of drug-likeness (QED) is 0.200. The molecule has 4 heterocycles. The Hall–Kier alpha value is -4.15. The van der Waals surface area contributed by atoms with Gasteiger partial charge in [-0.1, -0.05) is 83.7 Å². The molecule has 188 valence electrons. The summed E-state index contributed by atoms with van der Waals surface area (Å²) in [6.07, 6.45) is 3.67. The van der Waals surface area contributed by atoms with Crippen LogP contribution in [-0.2, 0) is 26.5 Å². The molecule has 0 atom stereocenters.